The lowest BCUT2D eigenvalue weighted by atomic mass is 10.0. The number of piperidine rings is 1. The molecule has 1 aromatic carbocycles. The third-order valence-electron chi connectivity index (χ3n) is 3.86. The monoisotopic (exact) mass is 260 g/mol. The van der Waals surface area contributed by atoms with Crippen molar-refractivity contribution in [1.82, 2.24) is 4.90 Å². The molecular formula is C15H20N2S. The Bertz CT molecular complexity index is 487. The Kier molecular flexibility index (Phi) is 3.64. The first-order valence-corrected chi connectivity index (χ1v) is 7.60. The van der Waals surface area contributed by atoms with Crippen molar-refractivity contribution in [2.75, 3.05) is 13.1 Å². The van der Waals surface area contributed by atoms with E-state index in [-0.39, 0.29) is 0 Å². The van der Waals surface area contributed by atoms with Crippen molar-refractivity contribution in [2.45, 2.75) is 31.8 Å². The average Bonchev–Trinajstić information content (AvgIpc) is 2.81. The van der Waals surface area contributed by atoms with Crippen LogP contribution in [0, 0.1) is 0 Å². The highest BCUT2D eigenvalue weighted by atomic mass is 32.1. The topological polar surface area (TPSA) is 29.3 Å². The molecule has 96 valence electrons. The molecule has 1 atom stereocenters. The second-order valence-electron chi connectivity index (χ2n) is 5.11. The lowest BCUT2D eigenvalue weighted by Gasteiger charge is -2.34. The van der Waals surface area contributed by atoms with E-state index in [9.17, 15) is 0 Å². The van der Waals surface area contributed by atoms with Crippen LogP contribution in [-0.2, 0) is 6.54 Å². The average molecular weight is 260 g/mol. The number of hydrogen-bond acceptors (Lipinski definition) is 3. The number of nitrogens with two attached hydrogens (primary N) is 1. The first-order valence-electron chi connectivity index (χ1n) is 6.78. The number of nitrogens with zero attached hydrogens (tertiary/aromatic N) is 1. The van der Waals surface area contributed by atoms with Crippen molar-refractivity contribution >= 4 is 21.4 Å². The molecule has 1 unspecified atom stereocenters. The lowest BCUT2D eigenvalue weighted by Crippen LogP contribution is -2.43. The summed E-state index contributed by atoms with van der Waals surface area (Å²) in [6.07, 6.45) is 3.92. The summed E-state index contributed by atoms with van der Waals surface area (Å²) in [4.78, 5) is 4.03. The van der Waals surface area contributed by atoms with E-state index in [1.807, 2.05) is 11.3 Å². The van der Waals surface area contributed by atoms with Crippen molar-refractivity contribution < 1.29 is 0 Å². The number of rotatable bonds is 3. The molecule has 2 nitrogen and oxygen atoms in total. The highest BCUT2D eigenvalue weighted by Crippen LogP contribution is 2.28. The summed E-state index contributed by atoms with van der Waals surface area (Å²) < 4.78 is 1.40. The number of hydrogen-bond donors (Lipinski definition) is 1. The van der Waals surface area contributed by atoms with E-state index in [1.165, 1.54) is 40.8 Å². The molecule has 1 aromatic heterocycles. The van der Waals surface area contributed by atoms with Gasteiger partial charge in [-0.2, -0.15) is 0 Å². The van der Waals surface area contributed by atoms with E-state index in [0.717, 1.165) is 13.1 Å². The predicted octanol–water partition coefficient (Wildman–Crippen LogP) is 3.21. The first kappa shape index (κ1) is 12.2. The van der Waals surface area contributed by atoms with Gasteiger partial charge in [-0.3, -0.25) is 4.90 Å². The third-order valence-corrected chi connectivity index (χ3v) is 4.96. The quantitative estimate of drug-likeness (QED) is 0.918. The number of thiophene rings is 1. The number of benzene rings is 1. The first-order chi connectivity index (χ1) is 8.86. The fourth-order valence-corrected chi connectivity index (χ4v) is 3.94. The van der Waals surface area contributed by atoms with E-state index in [0.29, 0.717) is 6.04 Å². The Morgan fingerprint density at radius 2 is 2.17 bits per heavy atom. The van der Waals surface area contributed by atoms with Crippen molar-refractivity contribution in [3.05, 3.63) is 35.2 Å². The highest BCUT2D eigenvalue weighted by Gasteiger charge is 2.21. The molecule has 0 bridgehead atoms. The molecule has 0 amide bonds. The molecule has 2 aromatic rings. The van der Waals surface area contributed by atoms with E-state index in [1.54, 1.807) is 0 Å². The van der Waals surface area contributed by atoms with Crippen LogP contribution in [0.15, 0.2) is 30.3 Å². The van der Waals surface area contributed by atoms with Crippen LogP contribution in [0.25, 0.3) is 10.1 Å². The third kappa shape index (κ3) is 2.44. The van der Waals surface area contributed by atoms with Crippen molar-refractivity contribution in [3.8, 4) is 0 Å². The summed E-state index contributed by atoms with van der Waals surface area (Å²) in [7, 11) is 0. The molecular weight excluding hydrogens is 240 g/mol. The van der Waals surface area contributed by atoms with Gasteiger partial charge in [0.1, 0.15) is 0 Å². The minimum Gasteiger partial charge on any atom is -0.329 e. The zero-order valence-corrected chi connectivity index (χ0v) is 11.5. The van der Waals surface area contributed by atoms with Crippen LogP contribution in [0.3, 0.4) is 0 Å². The van der Waals surface area contributed by atoms with Gasteiger partial charge in [0.2, 0.25) is 0 Å². The maximum absolute atomic E-state index is 5.88. The Balaban J connectivity index is 1.78. The zero-order chi connectivity index (χ0) is 12.4. The standard InChI is InChI=1S/C15H20N2S/c16-10-13-6-3-4-8-17(13)11-14-9-12-5-1-2-7-15(12)18-14/h1-2,5,7,9,13H,3-4,6,8,10-11,16H2. The van der Waals surface area contributed by atoms with Crippen LogP contribution >= 0.6 is 11.3 Å². The molecule has 0 aliphatic carbocycles. The largest absolute Gasteiger partial charge is 0.329 e. The van der Waals surface area contributed by atoms with Gasteiger partial charge in [-0.05, 0) is 36.9 Å². The van der Waals surface area contributed by atoms with Gasteiger partial charge in [0.15, 0.2) is 0 Å². The summed E-state index contributed by atoms with van der Waals surface area (Å²) in [5.74, 6) is 0. The normalized spacial score (nSPS) is 21.5. The second kappa shape index (κ2) is 5.39. The Hall–Kier alpha value is -0.900. The smallest absolute Gasteiger partial charge is 0.0346 e. The van der Waals surface area contributed by atoms with Gasteiger partial charge in [0, 0.05) is 28.7 Å². The van der Waals surface area contributed by atoms with E-state index in [2.05, 4.69) is 35.2 Å². The molecule has 0 saturated carbocycles. The summed E-state index contributed by atoms with van der Waals surface area (Å²) in [6, 6.07) is 11.6. The molecule has 2 N–H and O–H groups in total. The molecule has 2 heterocycles. The molecule has 3 heteroatoms. The summed E-state index contributed by atoms with van der Waals surface area (Å²) in [6.45, 7) is 3.07. The van der Waals surface area contributed by atoms with Crippen LogP contribution in [0.2, 0.25) is 0 Å². The summed E-state index contributed by atoms with van der Waals surface area (Å²) in [5, 5.41) is 1.37. The van der Waals surface area contributed by atoms with Crippen molar-refractivity contribution in [3.63, 3.8) is 0 Å². The van der Waals surface area contributed by atoms with Crippen LogP contribution < -0.4 is 5.73 Å². The second-order valence-corrected chi connectivity index (χ2v) is 6.27. The van der Waals surface area contributed by atoms with Crippen molar-refractivity contribution in [2.24, 2.45) is 5.73 Å². The molecule has 0 radical (unpaired) electrons. The van der Waals surface area contributed by atoms with Gasteiger partial charge in [0.05, 0.1) is 0 Å². The van der Waals surface area contributed by atoms with Crippen LogP contribution in [-0.4, -0.2) is 24.0 Å². The summed E-state index contributed by atoms with van der Waals surface area (Å²) >= 11 is 1.92. The SMILES string of the molecule is NCC1CCCCN1Cc1cc2ccccc2s1. The Morgan fingerprint density at radius 3 is 3.00 bits per heavy atom. The fraction of sp³-hybridized carbons (Fsp3) is 0.467. The van der Waals surface area contributed by atoms with Gasteiger partial charge >= 0.3 is 0 Å². The molecule has 3 rings (SSSR count). The number of fused-ring (bicyclic) bond motifs is 1. The maximum atomic E-state index is 5.88. The van der Waals surface area contributed by atoms with E-state index in [4.69, 9.17) is 5.73 Å². The van der Waals surface area contributed by atoms with E-state index < -0.39 is 0 Å². The summed E-state index contributed by atoms with van der Waals surface area (Å²) in [5.41, 5.74) is 5.88. The molecule has 1 aliphatic heterocycles. The highest BCUT2D eigenvalue weighted by molar-refractivity contribution is 7.19. The molecule has 1 fully saturated rings. The van der Waals surface area contributed by atoms with Gasteiger partial charge in [0.25, 0.3) is 0 Å². The fourth-order valence-electron chi connectivity index (χ4n) is 2.85. The minimum atomic E-state index is 0.587. The minimum absolute atomic E-state index is 0.587. The Labute approximate surface area is 112 Å². The van der Waals surface area contributed by atoms with Crippen molar-refractivity contribution in [1.29, 1.82) is 0 Å². The van der Waals surface area contributed by atoms with Crippen LogP contribution in [0.4, 0.5) is 0 Å². The van der Waals surface area contributed by atoms with Gasteiger partial charge in [-0.15, -0.1) is 11.3 Å². The van der Waals surface area contributed by atoms with E-state index >= 15 is 0 Å². The maximum Gasteiger partial charge on any atom is 0.0346 e. The van der Waals surface area contributed by atoms with Crippen LogP contribution in [0.1, 0.15) is 24.1 Å². The zero-order valence-electron chi connectivity index (χ0n) is 10.6. The molecule has 1 aliphatic rings. The molecule has 0 spiro atoms. The van der Waals surface area contributed by atoms with Gasteiger partial charge in [-0.1, -0.05) is 24.6 Å². The van der Waals surface area contributed by atoms with Crippen LogP contribution in [0.5, 0.6) is 0 Å². The number of likely N-dealkylation sites (tertiary alicyclic amines) is 1. The Morgan fingerprint density at radius 1 is 1.28 bits per heavy atom. The predicted molar refractivity (Wildman–Crippen MR) is 78.9 cm³/mol. The molecule has 18 heavy (non-hydrogen) atoms. The van der Waals surface area contributed by atoms with Gasteiger partial charge in [-0.25, -0.2) is 0 Å². The molecule has 1 saturated heterocycles. The lowest BCUT2D eigenvalue weighted by molar-refractivity contribution is 0.146. The van der Waals surface area contributed by atoms with Gasteiger partial charge < -0.3 is 5.73 Å².